The standard InChI is InChI=1S/C18H14FN3O3S/c1-12-10-17(25-15-8-6-14(7-9-15)22(23)24)21-18(20-12)26-11-13-4-2-3-5-16(13)19/h2-10H,11H2,1H3. The minimum absolute atomic E-state index is 0.0163. The van der Waals surface area contributed by atoms with Crippen LogP contribution < -0.4 is 4.74 Å². The minimum Gasteiger partial charge on any atom is -0.439 e. The second-order valence-corrected chi connectivity index (χ2v) is 6.31. The average Bonchev–Trinajstić information content (AvgIpc) is 2.61. The molecular weight excluding hydrogens is 357 g/mol. The highest BCUT2D eigenvalue weighted by molar-refractivity contribution is 7.98. The van der Waals surface area contributed by atoms with Gasteiger partial charge in [0, 0.05) is 29.6 Å². The second kappa shape index (κ2) is 7.92. The van der Waals surface area contributed by atoms with Crippen LogP contribution in [0.5, 0.6) is 11.6 Å². The van der Waals surface area contributed by atoms with Crippen LogP contribution in [0.3, 0.4) is 0 Å². The third-order valence-electron chi connectivity index (χ3n) is 3.39. The number of nitrogens with zero attached hydrogens (tertiary/aromatic N) is 3. The number of hydrogen-bond acceptors (Lipinski definition) is 6. The van der Waals surface area contributed by atoms with Gasteiger partial charge in [-0.3, -0.25) is 10.1 Å². The molecule has 0 aliphatic rings. The Balaban J connectivity index is 1.73. The highest BCUT2D eigenvalue weighted by Gasteiger charge is 2.09. The van der Waals surface area contributed by atoms with Crippen molar-refractivity contribution in [2.75, 3.05) is 0 Å². The Labute approximate surface area is 153 Å². The number of thioether (sulfide) groups is 1. The van der Waals surface area contributed by atoms with Crippen molar-refractivity contribution in [3.05, 3.63) is 81.8 Å². The summed E-state index contributed by atoms with van der Waals surface area (Å²) < 4.78 is 19.4. The molecule has 0 fully saturated rings. The van der Waals surface area contributed by atoms with Crippen LogP contribution in [0.4, 0.5) is 10.1 Å². The first-order valence-corrected chi connectivity index (χ1v) is 8.64. The van der Waals surface area contributed by atoms with Crippen molar-refractivity contribution in [1.82, 2.24) is 9.97 Å². The van der Waals surface area contributed by atoms with Crippen molar-refractivity contribution in [3.63, 3.8) is 0 Å². The molecule has 0 N–H and O–H groups in total. The number of nitro benzene ring substituents is 1. The van der Waals surface area contributed by atoms with E-state index in [0.29, 0.717) is 33.8 Å². The molecule has 0 aliphatic carbocycles. The number of ether oxygens (including phenoxy) is 1. The van der Waals surface area contributed by atoms with Crippen LogP contribution >= 0.6 is 11.8 Å². The van der Waals surface area contributed by atoms with Crippen molar-refractivity contribution >= 4 is 17.4 Å². The second-order valence-electron chi connectivity index (χ2n) is 5.36. The van der Waals surface area contributed by atoms with Crippen molar-refractivity contribution in [3.8, 4) is 11.6 Å². The number of benzene rings is 2. The maximum absolute atomic E-state index is 13.7. The Morgan fingerprint density at radius 3 is 2.58 bits per heavy atom. The molecular formula is C18H14FN3O3S. The van der Waals surface area contributed by atoms with Crippen LogP contribution in [0.2, 0.25) is 0 Å². The first-order valence-electron chi connectivity index (χ1n) is 7.65. The van der Waals surface area contributed by atoms with Gasteiger partial charge in [0.2, 0.25) is 5.88 Å². The molecule has 0 bridgehead atoms. The zero-order valence-corrected chi connectivity index (χ0v) is 14.6. The Morgan fingerprint density at radius 1 is 1.15 bits per heavy atom. The molecule has 6 nitrogen and oxygen atoms in total. The fourth-order valence-electron chi connectivity index (χ4n) is 2.14. The number of halogens is 1. The van der Waals surface area contributed by atoms with Gasteiger partial charge in [-0.2, -0.15) is 4.98 Å². The number of aromatic nitrogens is 2. The van der Waals surface area contributed by atoms with Gasteiger partial charge < -0.3 is 4.74 Å². The Bertz CT molecular complexity index is 935. The van der Waals surface area contributed by atoms with E-state index in [9.17, 15) is 14.5 Å². The van der Waals surface area contributed by atoms with Gasteiger partial charge in [0.15, 0.2) is 5.16 Å². The summed E-state index contributed by atoms with van der Waals surface area (Å²) in [6.45, 7) is 1.80. The van der Waals surface area contributed by atoms with E-state index in [1.807, 2.05) is 0 Å². The number of nitro groups is 1. The molecule has 3 aromatic rings. The highest BCUT2D eigenvalue weighted by Crippen LogP contribution is 2.26. The molecule has 2 aromatic carbocycles. The van der Waals surface area contributed by atoms with Crippen LogP contribution in [0.1, 0.15) is 11.3 Å². The summed E-state index contributed by atoms with van der Waals surface area (Å²) in [6, 6.07) is 13.9. The van der Waals surface area contributed by atoms with Crippen LogP contribution in [0.15, 0.2) is 59.8 Å². The zero-order chi connectivity index (χ0) is 18.5. The Kier molecular flexibility index (Phi) is 5.43. The van der Waals surface area contributed by atoms with Gasteiger partial charge in [-0.1, -0.05) is 30.0 Å². The van der Waals surface area contributed by atoms with Crippen LogP contribution in [0, 0.1) is 22.9 Å². The molecule has 1 aromatic heterocycles. The summed E-state index contributed by atoms with van der Waals surface area (Å²) in [4.78, 5) is 18.8. The van der Waals surface area contributed by atoms with Gasteiger partial charge in [-0.05, 0) is 30.7 Å². The first kappa shape index (κ1) is 17.8. The molecule has 8 heteroatoms. The monoisotopic (exact) mass is 371 g/mol. The van der Waals surface area contributed by atoms with Crippen LogP contribution in [0.25, 0.3) is 0 Å². The SMILES string of the molecule is Cc1cc(Oc2ccc([N+](=O)[O-])cc2)nc(SCc2ccccc2F)n1. The van der Waals surface area contributed by atoms with E-state index in [1.54, 1.807) is 31.2 Å². The third kappa shape index (κ3) is 4.54. The predicted octanol–water partition coefficient (Wildman–Crippen LogP) is 4.92. The third-order valence-corrected chi connectivity index (χ3v) is 4.29. The lowest BCUT2D eigenvalue weighted by atomic mass is 10.2. The zero-order valence-electron chi connectivity index (χ0n) is 13.8. The lowest BCUT2D eigenvalue weighted by Gasteiger charge is -2.08. The summed E-state index contributed by atoms with van der Waals surface area (Å²) in [5.41, 5.74) is 1.26. The molecule has 0 saturated carbocycles. The maximum Gasteiger partial charge on any atom is 0.269 e. The topological polar surface area (TPSA) is 78.2 Å². The quantitative estimate of drug-likeness (QED) is 0.265. The summed E-state index contributed by atoms with van der Waals surface area (Å²) in [7, 11) is 0. The summed E-state index contributed by atoms with van der Waals surface area (Å²) in [5.74, 6) is 0.878. The van der Waals surface area contributed by atoms with Crippen molar-refractivity contribution in [2.24, 2.45) is 0 Å². The summed E-state index contributed by atoms with van der Waals surface area (Å²) in [5, 5.41) is 11.2. The number of non-ortho nitro benzene ring substituents is 1. The molecule has 132 valence electrons. The average molecular weight is 371 g/mol. The van der Waals surface area contributed by atoms with Crippen molar-refractivity contribution in [2.45, 2.75) is 17.8 Å². The van der Waals surface area contributed by atoms with Crippen molar-refractivity contribution < 1.29 is 14.1 Å². The maximum atomic E-state index is 13.7. The summed E-state index contributed by atoms with van der Waals surface area (Å²) >= 11 is 1.30. The Morgan fingerprint density at radius 2 is 1.88 bits per heavy atom. The van der Waals surface area contributed by atoms with Gasteiger partial charge in [0.25, 0.3) is 5.69 Å². The van der Waals surface area contributed by atoms with Crippen LogP contribution in [-0.4, -0.2) is 14.9 Å². The fourth-order valence-corrected chi connectivity index (χ4v) is 3.03. The molecule has 0 aliphatic heterocycles. The molecule has 3 rings (SSSR count). The molecule has 0 spiro atoms. The lowest BCUT2D eigenvalue weighted by molar-refractivity contribution is -0.384. The van der Waals surface area contributed by atoms with E-state index in [2.05, 4.69) is 9.97 Å². The number of aryl methyl sites for hydroxylation is 1. The van der Waals surface area contributed by atoms with E-state index in [0.717, 1.165) is 0 Å². The van der Waals surface area contributed by atoms with Crippen molar-refractivity contribution in [1.29, 1.82) is 0 Å². The predicted molar refractivity (Wildman–Crippen MR) is 95.9 cm³/mol. The molecule has 0 unspecified atom stereocenters. The van der Waals surface area contributed by atoms with E-state index in [4.69, 9.17) is 4.74 Å². The summed E-state index contributed by atoms with van der Waals surface area (Å²) in [6.07, 6.45) is 0. The number of rotatable bonds is 6. The van der Waals surface area contributed by atoms with Crippen LogP contribution in [-0.2, 0) is 5.75 Å². The molecule has 0 atom stereocenters. The van der Waals surface area contributed by atoms with Gasteiger partial charge in [0.05, 0.1) is 4.92 Å². The fraction of sp³-hybridized carbons (Fsp3) is 0.111. The Hall–Kier alpha value is -3.00. The first-order chi connectivity index (χ1) is 12.5. The smallest absolute Gasteiger partial charge is 0.269 e. The van der Waals surface area contributed by atoms with E-state index in [-0.39, 0.29) is 11.5 Å². The lowest BCUT2D eigenvalue weighted by Crippen LogP contribution is -1.96. The highest BCUT2D eigenvalue weighted by atomic mass is 32.2. The number of hydrogen-bond donors (Lipinski definition) is 0. The molecule has 26 heavy (non-hydrogen) atoms. The van der Waals surface area contributed by atoms with Gasteiger partial charge in [-0.15, -0.1) is 0 Å². The normalized spacial score (nSPS) is 10.5. The van der Waals surface area contributed by atoms with Gasteiger partial charge in [0.1, 0.15) is 11.6 Å². The minimum atomic E-state index is -0.476. The van der Waals surface area contributed by atoms with E-state index < -0.39 is 4.92 Å². The van der Waals surface area contributed by atoms with Gasteiger partial charge >= 0.3 is 0 Å². The molecule has 0 amide bonds. The van der Waals surface area contributed by atoms with E-state index >= 15 is 0 Å². The largest absolute Gasteiger partial charge is 0.439 e. The molecule has 1 heterocycles. The van der Waals surface area contributed by atoms with E-state index in [1.165, 1.54) is 42.1 Å². The molecule has 0 saturated heterocycles. The van der Waals surface area contributed by atoms with Gasteiger partial charge in [-0.25, -0.2) is 9.37 Å². The molecule has 0 radical (unpaired) electrons.